The fourth-order valence-electron chi connectivity index (χ4n) is 3.74. The second-order valence-corrected chi connectivity index (χ2v) is 7.46. The molecular weight excluding hydrogens is 358 g/mol. The van der Waals surface area contributed by atoms with Crippen LogP contribution in [0.25, 0.3) is 10.8 Å². The van der Waals surface area contributed by atoms with E-state index in [9.17, 15) is 14.4 Å². The minimum Gasteiger partial charge on any atom is -0.451 e. The summed E-state index contributed by atoms with van der Waals surface area (Å²) in [6.45, 7) is 6.10. The van der Waals surface area contributed by atoms with E-state index in [0.717, 1.165) is 25.7 Å². The quantitative estimate of drug-likeness (QED) is 0.739. The molecule has 1 aliphatic heterocycles. The van der Waals surface area contributed by atoms with E-state index in [1.807, 2.05) is 18.7 Å². The molecule has 1 aliphatic rings. The normalized spacial score (nSPS) is 17.1. The summed E-state index contributed by atoms with van der Waals surface area (Å²) < 4.78 is 6.59. The Balaban J connectivity index is 1.83. The highest BCUT2D eigenvalue weighted by molar-refractivity contribution is 6.02. The smallest absolute Gasteiger partial charge is 0.359 e. The van der Waals surface area contributed by atoms with E-state index in [4.69, 9.17) is 4.74 Å². The zero-order valence-corrected chi connectivity index (χ0v) is 16.7. The second kappa shape index (κ2) is 8.54. The summed E-state index contributed by atoms with van der Waals surface area (Å²) in [6, 6.07) is 6.83. The lowest BCUT2D eigenvalue weighted by molar-refractivity contribution is -0.138. The number of aromatic nitrogens is 2. The van der Waals surface area contributed by atoms with Crippen LogP contribution in [0.2, 0.25) is 0 Å². The van der Waals surface area contributed by atoms with Gasteiger partial charge in [0.05, 0.1) is 11.4 Å². The van der Waals surface area contributed by atoms with Crippen LogP contribution in [0.3, 0.4) is 0 Å². The van der Waals surface area contributed by atoms with Crippen LogP contribution < -0.4 is 5.56 Å². The maximum Gasteiger partial charge on any atom is 0.359 e. The van der Waals surface area contributed by atoms with Gasteiger partial charge in [-0.2, -0.15) is 5.10 Å². The Bertz CT molecular complexity index is 935. The maximum atomic E-state index is 12.7. The van der Waals surface area contributed by atoms with E-state index in [1.54, 1.807) is 24.3 Å². The molecular formula is C21H27N3O4. The van der Waals surface area contributed by atoms with Crippen molar-refractivity contribution >= 4 is 22.6 Å². The van der Waals surface area contributed by atoms with Gasteiger partial charge in [0.2, 0.25) is 0 Å². The lowest BCUT2D eigenvalue weighted by atomic mass is 10.00. The van der Waals surface area contributed by atoms with E-state index in [1.165, 1.54) is 4.68 Å². The van der Waals surface area contributed by atoms with Crippen LogP contribution in [0, 0.1) is 0 Å². The molecule has 0 spiro atoms. The SMILES string of the molecule is CC[C@H]1CCCCN1C(=O)COC(=O)c1nn(C(C)C)c(=O)c2ccccc12. The number of benzene rings is 1. The third kappa shape index (κ3) is 3.93. The minimum atomic E-state index is -0.691. The average Bonchev–Trinajstić information content (AvgIpc) is 2.71. The van der Waals surface area contributed by atoms with Crippen LogP contribution in [0.1, 0.15) is 63.0 Å². The predicted octanol–water partition coefficient (Wildman–Crippen LogP) is 2.93. The van der Waals surface area contributed by atoms with Crippen molar-refractivity contribution in [3.63, 3.8) is 0 Å². The minimum absolute atomic E-state index is 0.0578. The van der Waals surface area contributed by atoms with Crippen LogP contribution in [-0.2, 0) is 9.53 Å². The van der Waals surface area contributed by atoms with Crippen molar-refractivity contribution in [3.8, 4) is 0 Å². The molecule has 2 aromatic rings. The van der Waals surface area contributed by atoms with E-state index in [-0.39, 0.29) is 35.9 Å². The summed E-state index contributed by atoms with van der Waals surface area (Å²) in [6.07, 6.45) is 3.98. The molecule has 1 atom stereocenters. The molecule has 1 fully saturated rings. The summed E-state index contributed by atoms with van der Waals surface area (Å²) in [5.74, 6) is -0.870. The number of piperidine rings is 1. The number of likely N-dealkylation sites (tertiary alicyclic amines) is 1. The molecule has 1 saturated heterocycles. The fraction of sp³-hybridized carbons (Fsp3) is 0.524. The van der Waals surface area contributed by atoms with Crippen molar-refractivity contribution in [3.05, 3.63) is 40.3 Å². The zero-order valence-electron chi connectivity index (χ0n) is 16.7. The van der Waals surface area contributed by atoms with Crippen molar-refractivity contribution in [2.45, 2.75) is 58.5 Å². The first-order valence-corrected chi connectivity index (χ1v) is 9.92. The first-order valence-electron chi connectivity index (χ1n) is 9.92. The highest BCUT2D eigenvalue weighted by Gasteiger charge is 2.27. The van der Waals surface area contributed by atoms with Crippen LogP contribution in [-0.4, -0.2) is 45.8 Å². The molecule has 1 amide bonds. The Labute approximate surface area is 164 Å². The zero-order chi connectivity index (χ0) is 20.3. The van der Waals surface area contributed by atoms with Gasteiger partial charge in [-0.3, -0.25) is 9.59 Å². The highest BCUT2D eigenvalue weighted by atomic mass is 16.5. The van der Waals surface area contributed by atoms with Gasteiger partial charge in [0.25, 0.3) is 11.5 Å². The Morgan fingerprint density at radius 3 is 2.61 bits per heavy atom. The monoisotopic (exact) mass is 385 g/mol. The number of esters is 1. The van der Waals surface area contributed by atoms with Gasteiger partial charge >= 0.3 is 5.97 Å². The summed E-state index contributed by atoms with van der Waals surface area (Å²) >= 11 is 0. The lowest BCUT2D eigenvalue weighted by Gasteiger charge is -2.35. The molecule has 2 heterocycles. The largest absolute Gasteiger partial charge is 0.451 e. The van der Waals surface area contributed by atoms with Crippen LogP contribution in [0.5, 0.6) is 0 Å². The van der Waals surface area contributed by atoms with E-state index >= 15 is 0 Å². The van der Waals surface area contributed by atoms with Gasteiger partial charge < -0.3 is 9.64 Å². The maximum absolute atomic E-state index is 12.7. The average molecular weight is 385 g/mol. The van der Waals surface area contributed by atoms with Gasteiger partial charge in [-0.1, -0.05) is 25.1 Å². The summed E-state index contributed by atoms with van der Waals surface area (Å²) in [5.41, 5.74) is -0.195. The molecule has 0 unspecified atom stereocenters. The third-order valence-corrected chi connectivity index (χ3v) is 5.26. The molecule has 28 heavy (non-hydrogen) atoms. The van der Waals surface area contributed by atoms with E-state index < -0.39 is 5.97 Å². The second-order valence-electron chi connectivity index (χ2n) is 7.46. The number of carbonyl (C=O) groups is 2. The standard InChI is InChI=1S/C21H27N3O4/c1-4-15-9-7-8-12-23(15)18(25)13-28-21(27)19-16-10-5-6-11-17(16)20(26)24(22-19)14(2)3/h5-6,10-11,14-15H,4,7-9,12-13H2,1-3H3/t15-/m0/s1. The molecule has 0 saturated carbocycles. The fourth-order valence-corrected chi connectivity index (χ4v) is 3.74. The topological polar surface area (TPSA) is 81.5 Å². The number of carbonyl (C=O) groups excluding carboxylic acids is 2. The van der Waals surface area contributed by atoms with Gasteiger partial charge in [0.15, 0.2) is 12.3 Å². The molecule has 0 N–H and O–H groups in total. The Kier molecular flexibility index (Phi) is 6.11. The van der Waals surface area contributed by atoms with Gasteiger partial charge in [0.1, 0.15) is 0 Å². The van der Waals surface area contributed by atoms with E-state index in [0.29, 0.717) is 17.3 Å². The number of rotatable bonds is 5. The molecule has 1 aromatic heterocycles. The van der Waals surface area contributed by atoms with E-state index in [2.05, 4.69) is 12.0 Å². The van der Waals surface area contributed by atoms with Gasteiger partial charge in [0, 0.05) is 18.0 Å². The van der Waals surface area contributed by atoms with Crippen LogP contribution in [0.15, 0.2) is 29.1 Å². The van der Waals surface area contributed by atoms with Crippen molar-refractivity contribution in [1.29, 1.82) is 0 Å². The van der Waals surface area contributed by atoms with Gasteiger partial charge in [-0.25, -0.2) is 9.48 Å². The Morgan fingerprint density at radius 2 is 1.93 bits per heavy atom. The molecule has 0 aliphatic carbocycles. The molecule has 3 rings (SSSR count). The highest BCUT2D eigenvalue weighted by Crippen LogP contribution is 2.20. The molecule has 1 aromatic carbocycles. The predicted molar refractivity (Wildman–Crippen MR) is 106 cm³/mol. The third-order valence-electron chi connectivity index (χ3n) is 5.26. The summed E-state index contributed by atoms with van der Waals surface area (Å²) in [5, 5.41) is 5.07. The molecule has 0 radical (unpaired) electrons. The first kappa shape index (κ1) is 20.0. The van der Waals surface area contributed by atoms with Crippen molar-refractivity contribution in [2.75, 3.05) is 13.2 Å². The number of amides is 1. The summed E-state index contributed by atoms with van der Waals surface area (Å²) in [7, 11) is 0. The number of fused-ring (bicyclic) bond motifs is 1. The number of hydrogen-bond donors (Lipinski definition) is 0. The Morgan fingerprint density at radius 1 is 1.21 bits per heavy atom. The van der Waals surface area contributed by atoms with Gasteiger partial charge in [-0.05, 0) is 45.6 Å². The number of nitrogens with zero attached hydrogens (tertiary/aromatic N) is 3. The van der Waals surface area contributed by atoms with Crippen molar-refractivity contribution in [1.82, 2.24) is 14.7 Å². The summed E-state index contributed by atoms with van der Waals surface area (Å²) in [4.78, 5) is 39.7. The number of hydrogen-bond acceptors (Lipinski definition) is 5. The van der Waals surface area contributed by atoms with Crippen LogP contribution >= 0.6 is 0 Å². The molecule has 7 heteroatoms. The van der Waals surface area contributed by atoms with Crippen LogP contribution in [0.4, 0.5) is 0 Å². The van der Waals surface area contributed by atoms with Crippen molar-refractivity contribution < 1.29 is 14.3 Å². The lowest BCUT2D eigenvalue weighted by Crippen LogP contribution is -2.45. The molecule has 0 bridgehead atoms. The van der Waals surface area contributed by atoms with Gasteiger partial charge in [-0.15, -0.1) is 0 Å². The Hall–Kier alpha value is -2.70. The molecule has 7 nitrogen and oxygen atoms in total. The molecule has 150 valence electrons. The van der Waals surface area contributed by atoms with Crippen molar-refractivity contribution in [2.24, 2.45) is 0 Å². The first-order chi connectivity index (χ1) is 13.4. The number of ether oxygens (including phenoxy) is 1.